The van der Waals surface area contributed by atoms with Crippen LogP contribution in [-0.4, -0.2) is 82.7 Å². The van der Waals surface area contributed by atoms with E-state index in [1.54, 1.807) is 0 Å². The first kappa shape index (κ1) is 26.7. The van der Waals surface area contributed by atoms with Crippen LogP contribution in [0.25, 0.3) is 0 Å². The highest BCUT2D eigenvalue weighted by atomic mass is 32.2. The van der Waals surface area contributed by atoms with Crippen LogP contribution in [0.5, 0.6) is 0 Å². The van der Waals surface area contributed by atoms with E-state index in [0.29, 0.717) is 0 Å². The molecule has 0 radical (unpaired) electrons. The molecule has 0 bridgehead atoms. The molecule has 1 aromatic carbocycles. The second kappa shape index (κ2) is 9.25. The molecular formula is C20H17F3N2O10S. The van der Waals surface area contributed by atoms with Gasteiger partial charge in [-0.2, -0.15) is 13.2 Å². The predicted molar refractivity (Wildman–Crippen MR) is 110 cm³/mol. The Hall–Kier alpha value is -3.95. The molecule has 0 saturated carbocycles. The standard InChI is InChI=1S/C20H17F3N2O10S/c1-8(26)35-7-11-12(6-9-2-4-10(5-3-9)17(28)29)36(33,34)16-13(24-19(32)20(21,22)23)15(27)25(16)14(11)18(30)31/h2-5,12-13,16H,6-7H2,1H3,(H,24,32)(H,28,29)(H,30,31)/t12?,13-,16+/m0/s1. The zero-order chi connectivity index (χ0) is 27.2. The number of benzene rings is 1. The molecule has 1 aromatic rings. The average Bonchev–Trinajstić information content (AvgIpc) is 2.76. The fourth-order valence-corrected chi connectivity index (χ4v) is 6.29. The van der Waals surface area contributed by atoms with Crippen molar-refractivity contribution in [3.63, 3.8) is 0 Å². The van der Waals surface area contributed by atoms with Crippen LogP contribution >= 0.6 is 0 Å². The summed E-state index contributed by atoms with van der Waals surface area (Å²) in [5.41, 5.74) is -1.39. The minimum atomic E-state index is -5.45. The van der Waals surface area contributed by atoms with E-state index in [1.165, 1.54) is 17.4 Å². The highest BCUT2D eigenvalue weighted by molar-refractivity contribution is 7.93. The summed E-state index contributed by atoms with van der Waals surface area (Å²) in [5.74, 6) is -8.02. The molecule has 1 fully saturated rings. The van der Waals surface area contributed by atoms with Gasteiger partial charge < -0.3 is 20.3 Å². The number of alkyl halides is 3. The Morgan fingerprint density at radius 2 is 1.67 bits per heavy atom. The van der Waals surface area contributed by atoms with Crippen LogP contribution in [-0.2, 0) is 40.2 Å². The predicted octanol–water partition coefficient (Wildman–Crippen LogP) is -0.158. The molecule has 0 aliphatic carbocycles. The lowest BCUT2D eigenvalue weighted by atomic mass is 9.97. The van der Waals surface area contributed by atoms with Crippen molar-refractivity contribution in [2.75, 3.05) is 6.61 Å². The van der Waals surface area contributed by atoms with Crippen molar-refractivity contribution >= 4 is 39.6 Å². The molecule has 1 unspecified atom stereocenters. The van der Waals surface area contributed by atoms with Crippen LogP contribution < -0.4 is 5.32 Å². The molecule has 3 rings (SSSR count). The minimum Gasteiger partial charge on any atom is -0.478 e. The second-order valence-corrected chi connectivity index (χ2v) is 10.0. The molecule has 16 heteroatoms. The highest BCUT2D eigenvalue weighted by Crippen LogP contribution is 2.41. The smallest absolute Gasteiger partial charge is 0.471 e. The van der Waals surface area contributed by atoms with E-state index < -0.39 is 86.7 Å². The molecule has 2 aliphatic heterocycles. The second-order valence-electron chi connectivity index (χ2n) is 7.79. The maximum Gasteiger partial charge on any atom is 0.471 e. The van der Waals surface area contributed by atoms with Gasteiger partial charge in [-0.05, 0) is 24.1 Å². The Morgan fingerprint density at radius 1 is 1.08 bits per heavy atom. The number of carbonyl (C=O) groups excluding carboxylic acids is 3. The number of carboxylic acids is 2. The number of fused-ring (bicyclic) bond motifs is 1. The Labute approximate surface area is 200 Å². The number of aromatic carboxylic acids is 1. The number of β-lactam (4-membered cyclic amide) rings is 1. The van der Waals surface area contributed by atoms with Gasteiger partial charge in [-0.15, -0.1) is 0 Å². The van der Waals surface area contributed by atoms with Gasteiger partial charge in [0, 0.05) is 12.5 Å². The number of sulfone groups is 1. The number of esters is 1. The first-order chi connectivity index (χ1) is 16.6. The van der Waals surface area contributed by atoms with E-state index in [1.807, 2.05) is 0 Å². The molecule has 2 aliphatic rings. The lowest BCUT2D eigenvalue weighted by molar-refractivity contribution is -0.177. The summed E-state index contributed by atoms with van der Waals surface area (Å²) in [6.07, 6.45) is -5.95. The fourth-order valence-electron chi connectivity index (χ4n) is 3.89. The van der Waals surface area contributed by atoms with Crippen LogP contribution in [0.3, 0.4) is 0 Å². The number of rotatable bonds is 7. The molecule has 12 nitrogen and oxygen atoms in total. The molecular weight excluding hydrogens is 517 g/mol. The lowest BCUT2D eigenvalue weighted by Gasteiger charge is -2.51. The van der Waals surface area contributed by atoms with Crippen molar-refractivity contribution < 1.29 is 60.5 Å². The molecule has 1 saturated heterocycles. The number of hydrogen-bond acceptors (Lipinski definition) is 8. The minimum absolute atomic E-state index is 0.141. The molecule has 0 spiro atoms. The van der Waals surface area contributed by atoms with Crippen molar-refractivity contribution in [1.82, 2.24) is 10.2 Å². The summed E-state index contributed by atoms with van der Waals surface area (Å²) in [4.78, 5) is 58.6. The van der Waals surface area contributed by atoms with Crippen LogP contribution in [0.2, 0.25) is 0 Å². The number of aliphatic carboxylic acids is 1. The first-order valence-corrected chi connectivity index (χ1v) is 11.5. The number of carboxylic acid groups (broad SMARTS) is 2. The van der Waals surface area contributed by atoms with Gasteiger partial charge in [0.05, 0.1) is 10.8 Å². The summed E-state index contributed by atoms with van der Waals surface area (Å²) >= 11 is 0. The number of nitrogens with one attached hydrogen (secondary N) is 1. The van der Waals surface area contributed by atoms with E-state index in [9.17, 15) is 50.7 Å². The lowest BCUT2D eigenvalue weighted by Crippen LogP contribution is -2.76. The van der Waals surface area contributed by atoms with Gasteiger partial charge in [-0.3, -0.25) is 19.3 Å². The molecule has 2 amide bonds. The number of amides is 2. The Kier molecular flexibility index (Phi) is 6.85. The van der Waals surface area contributed by atoms with E-state index in [2.05, 4.69) is 0 Å². The van der Waals surface area contributed by atoms with Crippen molar-refractivity contribution in [2.45, 2.75) is 36.2 Å². The van der Waals surface area contributed by atoms with Crippen LogP contribution in [0, 0.1) is 0 Å². The van der Waals surface area contributed by atoms with Gasteiger partial charge in [-0.25, -0.2) is 18.0 Å². The topological polar surface area (TPSA) is 184 Å². The number of hydrogen-bond donors (Lipinski definition) is 3. The van der Waals surface area contributed by atoms with Gasteiger partial charge in [-0.1, -0.05) is 12.1 Å². The van der Waals surface area contributed by atoms with Crippen LogP contribution in [0.1, 0.15) is 22.8 Å². The summed E-state index contributed by atoms with van der Waals surface area (Å²) in [7, 11) is -4.73. The molecule has 3 N–H and O–H groups in total. The average molecular weight is 534 g/mol. The normalized spacial score (nSPS) is 22.8. The fraction of sp³-hybridized carbons (Fsp3) is 0.350. The molecule has 3 atom stereocenters. The van der Waals surface area contributed by atoms with E-state index in [-0.39, 0.29) is 16.0 Å². The number of carbonyl (C=O) groups is 5. The van der Waals surface area contributed by atoms with Gasteiger partial charge in [0.15, 0.2) is 15.2 Å². The Bertz CT molecular complexity index is 1290. The molecule has 0 aromatic heterocycles. The van der Waals surface area contributed by atoms with Gasteiger partial charge in [0.25, 0.3) is 5.91 Å². The first-order valence-electron chi connectivity index (χ1n) is 9.92. The Morgan fingerprint density at radius 3 is 2.14 bits per heavy atom. The van der Waals surface area contributed by atoms with Crippen molar-refractivity contribution in [3.05, 3.63) is 46.7 Å². The third-order valence-corrected chi connectivity index (χ3v) is 7.91. The SMILES string of the molecule is CC(=O)OCC1=C(C(=O)O)N2C(=O)[C@H](NC(=O)C(F)(F)F)[C@H]2S(=O)(=O)C1Cc1ccc(C(=O)O)cc1. The van der Waals surface area contributed by atoms with Crippen molar-refractivity contribution in [1.29, 1.82) is 0 Å². The maximum atomic E-state index is 13.5. The highest BCUT2D eigenvalue weighted by Gasteiger charge is 2.64. The molecule has 2 heterocycles. The molecule has 36 heavy (non-hydrogen) atoms. The number of ether oxygens (including phenoxy) is 1. The van der Waals surface area contributed by atoms with Crippen LogP contribution in [0.4, 0.5) is 13.2 Å². The summed E-state index contributed by atoms with van der Waals surface area (Å²) in [6, 6.07) is 2.55. The van der Waals surface area contributed by atoms with E-state index in [0.717, 1.165) is 19.1 Å². The number of halogens is 3. The zero-order valence-electron chi connectivity index (χ0n) is 18.1. The monoisotopic (exact) mass is 534 g/mol. The summed E-state index contributed by atoms with van der Waals surface area (Å²) < 4.78 is 69.9. The quantitative estimate of drug-likeness (QED) is 0.314. The van der Waals surface area contributed by atoms with Crippen molar-refractivity contribution in [3.8, 4) is 0 Å². The third kappa shape index (κ3) is 4.75. The van der Waals surface area contributed by atoms with Crippen LogP contribution in [0.15, 0.2) is 35.5 Å². The largest absolute Gasteiger partial charge is 0.478 e. The summed E-state index contributed by atoms with van der Waals surface area (Å²) in [6.45, 7) is 0.0857. The summed E-state index contributed by atoms with van der Waals surface area (Å²) in [5, 5.41) is 16.1. The molecule has 194 valence electrons. The van der Waals surface area contributed by atoms with E-state index in [4.69, 9.17) is 9.84 Å². The number of nitrogens with zero attached hydrogens (tertiary/aromatic N) is 1. The third-order valence-electron chi connectivity index (χ3n) is 5.51. The van der Waals surface area contributed by atoms with Gasteiger partial charge in [0.1, 0.15) is 18.3 Å². The van der Waals surface area contributed by atoms with Gasteiger partial charge >= 0.3 is 30.0 Å². The Balaban J connectivity index is 2.12. The zero-order valence-corrected chi connectivity index (χ0v) is 18.9. The van der Waals surface area contributed by atoms with E-state index >= 15 is 0 Å². The van der Waals surface area contributed by atoms with Crippen molar-refractivity contribution in [2.24, 2.45) is 0 Å². The van der Waals surface area contributed by atoms with Gasteiger partial charge in [0.2, 0.25) is 0 Å². The maximum absolute atomic E-state index is 13.5.